The predicted molar refractivity (Wildman–Crippen MR) is 127 cm³/mol. The standard InChI is InChI=1S/C23H24N8OS/c1-14(2)31-13-26-29-22(31)16-5-4-6-17(27-16)23(32)28-21-9-19(20(33-3)10-24-21)30-11-18(25-12-30)15-7-8-15/h4-6,9-15H,7-8H2,1-3H3,(H,24,28,32). The third kappa shape index (κ3) is 4.38. The van der Waals surface area contributed by atoms with Crippen molar-refractivity contribution in [3.8, 4) is 17.2 Å². The molecular weight excluding hydrogens is 436 g/mol. The molecule has 0 saturated heterocycles. The van der Waals surface area contributed by atoms with Crippen molar-refractivity contribution in [2.24, 2.45) is 0 Å². The summed E-state index contributed by atoms with van der Waals surface area (Å²) in [4.78, 5) is 27.5. The molecule has 33 heavy (non-hydrogen) atoms. The number of imidazole rings is 1. The van der Waals surface area contributed by atoms with Gasteiger partial charge in [0.2, 0.25) is 0 Å². The zero-order valence-corrected chi connectivity index (χ0v) is 19.5. The zero-order chi connectivity index (χ0) is 22.9. The second-order valence-electron chi connectivity index (χ2n) is 8.24. The molecule has 0 atom stereocenters. The molecular formula is C23H24N8OS. The van der Waals surface area contributed by atoms with E-state index in [0.29, 0.717) is 23.3 Å². The van der Waals surface area contributed by atoms with Crippen LogP contribution in [0.4, 0.5) is 5.82 Å². The molecule has 0 radical (unpaired) electrons. The first-order valence-corrected chi connectivity index (χ1v) is 12.0. The Morgan fingerprint density at radius 3 is 2.82 bits per heavy atom. The fourth-order valence-corrected chi connectivity index (χ4v) is 4.12. The smallest absolute Gasteiger partial charge is 0.275 e. The minimum absolute atomic E-state index is 0.176. The van der Waals surface area contributed by atoms with Gasteiger partial charge in [0.1, 0.15) is 23.5 Å². The molecule has 0 bridgehead atoms. The molecule has 1 aliphatic carbocycles. The summed E-state index contributed by atoms with van der Waals surface area (Å²) in [6, 6.07) is 7.32. The minimum Gasteiger partial charge on any atom is -0.310 e. The lowest BCUT2D eigenvalue weighted by Gasteiger charge is -2.12. The molecule has 1 N–H and O–H groups in total. The molecule has 4 heterocycles. The van der Waals surface area contributed by atoms with Gasteiger partial charge in [-0.05, 0) is 45.1 Å². The van der Waals surface area contributed by atoms with E-state index in [1.165, 1.54) is 12.8 Å². The Kier molecular flexibility index (Phi) is 5.67. The van der Waals surface area contributed by atoms with Crippen LogP contribution in [0.3, 0.4) is 0 Å². The van der Waals surface area contributed by atoms with Gasteiger partial charge >= 0.3 is 0 Å². The topological polar surface area (TPSA) is 103 Å². The fraction of sp³-hybridized carbons (Fsp3) is 0.304. The number of hydrogen-bond acceptors (Lipinski definition) is 7. The first kappa shape index (κ1) is 21.3. The van der Waals surface area contributed by atoms with Crippen molar-refractivity contribution in [1.29, 1.82) is 0 Å². The van der Waals surface area contributed by atoms with E-state index >= 15 is 0 Å². The van der Waals surface area contributed by atoms with Crippen molar-refractivity contribution in [3.63, 3.8) is 0 Å². The normalized spacial score (nSPS) is 13.5. The Morgan fingerprint density at radius 1 is 1.21 bits per heavy atom. The van der Waals surface area contributed by atoms with Crippen LogP contribution in [-0.4, -0.2) is 46.4 Å². The van der Waals surface area contributed by atoms with Gasteiger partial charge in [-0.3, -0.25) is 4.79 Å². The summed E-state index contributed by atoms with van der Waals surface area (Å²) < 4.78 is 3.91. The monoisotopic (exact) mass is 460 g/mol. The number of carbonyl (C=O) groups is 1. The molecule has 0 spiro atoms. The summed E-state index contributed by atoms with van der Waals surface area (Å²) in [5.41, 5.74) is 2.91. The molecule has 1 saturated carbocycles. The largest absolute Gasteiger partial charge is 0.310 e. The van der Waals surface area contributed by atoms with Crippen LogP contribution in [0.2, 0.25) is 0 Å². The van der Waals surface area contributed by atoms with Crippen LogP contribution in [0.25, 0.3) is 17.2 Å². The molecule has 0 unspecified atom stereocenters. The van der Waals surface area contributed by atoms with E-state index in [4.69, 9.17) is 0 Å². The maximum absolute atomic E-state index is 13.0. The molecule has 4 aromatic rings. The van der Waals surface area contributed by atoms with E-state index in [1.807, 2.05) is 47.7 Å². The van der Waals surface area contributed by atoms with Crippen molar-refractivity contribution in [3.05, 3.63) is 60.7 Å². The Labute approximate surface area is 195 Å². The first-order chi connectivity index (χ1) is 16.0. The van der Waals surface area contributed by atoms with Crippen LogP contribution in [0.15, 0.2) is 54.2 Å². The summed E-state index contributed by atoms with van der Waals surface area (Å²) in [5, 5.41) is 11.0. The summed E-state index contributed by atoms with van der Waals surface area (Å²) >= 11 is 1.60. The number of aromatic nitrogens is 7. The van der Waals surface area contributed by atoms with E-state index in [0.717, 1.165) is 16.3 Å². The van der Waals surface area contributed by atoms with Crippen LogP contribution in [0.1, 0.15) is 54.8 Å². The molecule has 10 heteroatoms. The van der Waals surface area contributed by atoms with Crippen molar-refractivity contribution in [2.75, 3.05) is 11.6 Å². The number of nitrogens with zero attached hydrogens (tertiary/aromatic N) is 7. The quantitative estimate of drug-likeness (QED) is 0.409. The van der Waals surface area contributed by atoms with Crippen LogP contribution in [0.5, 0.6) is 0 Å². The Morgan fingerprint density at radius 2 is 2.06 bits per heavy atom. The van der Waals surface area contributed by atoms with Crippen molar-refractivity contribution in [2.45, 2.75) is 43.5 Å². The van der Waals surface area contributed by atoms with Gasteiger partial charge in [-0.25, -0.2) is 15.0 Å². The highest BCUT2D eigenvalue weighted by molar-refractivity contribution is 7.98. The lowest BCUT2D eigenvalue weighted by Crippen LogP contribution is -2.15. The van der Waals surface area contributed by atoms with Gasteiger partial charge < -0.3 is 14.5 Å². The van der Waals surface area contributed by atoms with Gasteiger partial charge in [0, 0.05) is 35.3 Å². The van der Waals surface area contributed by atoms with Gasteiger partial charge in [0.15, 0.2) is 5.82 Å². The first-order valence-electron chi connectivity index (χ1n) is 10.8. The van der Waals surface area contributed by atoms with Crippen LogP contribution in [0, 0.1) is 0 Å². The lowest BCUT2D eigenvalue weighted by molar-refractivity contribution is 0.102. The average molecular weight is 461 g/mol. The predicted octanol–water partition coefficient (Wildman–Crippen LogP) is 4.35. The molecule has 0 aliphatic heterocycles. The number of rotatable bonds is 7. The Balaban J connectivity index is 1.40. The van der Waals surface area contributed by atoms with Gasteiger partial charge in [0.25, 0.3) is 5.91 Å². The number of amides is 1. The fourth-order valence-electron chi connectivity index (χ4n) is 3.59. The average Bonchev–Trinajstić information content (AvgIpc) is 3.34. The summed E-state index contributed by atoms with van der Waals surface area (Å²) in [6.07, 6.45) is 11.7. The van der Waals surface area contributed by atoms with Gasteiger partial charge in [-0.15, -0.1) is 22.0 Å². The Bertz CT molecular complexity index is 1310. The zero-order valence-electron chi connectivity index (χ0n) is 18.6. The lowest BCUT2D eigenvalue weighted by atomic mass is 10.2. The van der Waals surface area contributed by atoms with Gasteiger partial charge in [-0.2, -0.15) is 0 Å². The third-order valence-corrected chi connectivity index (χ3v) is 6.28. The SMILES string of the molecule is CSc1cnc(NC(=O)c2cccc(-c3nncn3C(C)C)n2)cc1-n1cnc(C2CC2)c1. The number of thioether (sulfide) groups is 1. The maximum atomic E-state index is 13.0. The van der Waals surface area contributed by atoms with E-state index < -0.39 is 0 Å². The number of pyridine rings is 2. The number of anilines is 1. The van der Waals surface area contributed by atoms with Gasteiger partial charge in [0.05, 0.1) is 17.7 Å². The third-order valence-electron chi connectivity index (χ3n) is 5.52. The molecule has 4 aromatic heterocycles. The molecule has 168 valence electrons. The van der Waals surface area contributed by atoms with E-state index in [-0.39, 0.29) is 17.6 Å². The number of nitrogens with one attached hydrogen (secondary N) is 1. The highest BCUT2D eigenvalue weighted by atomic mass is 32.2. The van der Waals surface area contributed by atoms with E-state index in [9.17, 15) is 4.79 Å². The maximum Gasteiger partial charge on any atom is 0.275 e. The van der Waals surface area contributed by atoms with Crippen LogP contribution < -0.4 is 5.32 Å². The van der Waals surface area contributed by atoms with Crippen LogP contribution in [-0.2, 0) is 0 Å². The highest BCUT2D eigenvalue weighted by Gasteiger charge is 2.26. The highest BCUT2D eigenvalue weighted by Crippen LogP contribution is 2.39. The second-order valence-corrected chi connectivity index (χ2v) is 9.09. The van der Waals surface area contributed by atoms with E-state index in [1.54, 1.807) is 36.4 Å². The van der Waals surface area contributed by atoms with E-state index in [2.05, 4.69) is 36.7 Å². The minimum atomic E-state index is -0.341. The summed E-state index contributed by atoms with van der Waals surface area (Å²) in [5.74, 6) is 1.31. The molecule has 9 nitrogen and oxygen atoms in total. The number of carbonyl (C=O) groups excluding carboxylic acids is 1. The van der Waals surface area contributed by atoms with Crippen LogP contribution >= 0.6 is 11.8 Å². The molecule has 1 fully saturated rings. The molecule has 0 aromatic carbocycles. The molecule has 1 aliphatic rings. The number of hydrogen-bond donors (Lipinski definition) is 1. The molecule has 1 amide bonds. The Hall–Kier alpha value is -3.53. The van der Waals surface area contributed by atoms with Crippen molar-refractivity contribution < 1.29 is 4.79 Å². The van der Waals surface area contributed by atoms with Gasteiger partial charge in [-0.1, -0.05) is 6.07 Å². The summed E-state index contributed by atoms with van der Waals surface area (Å²) in [6.45, 7) is 4.08. The molecule has 5 rings (SSSR count). The van der Waals surface area contributed by atoms with Crippen molar-refractivity contribution in [1.82, 2.24) is 34.3 Å². The van der Waals surface area contributed by atoms with Crippen molar-refractivity contribution >= 4 is 23.5 Å². The second kappa shape index (κ2) is 8.78. The summed E-state index contributed by atoms with van der Waals surface area (Å²) in [7, 11) is 0.